The molecule has 1 fully saturated rings. The van der Waals surface area contributed by atoms with Crippen LogP contribution in [0.5, 0.6) is 0 Å². The lowest BCUT2D eigenvalue weighted by Crippen LogP contribution is -2.50. The van der Waals surface area contributed by atoms with Crippen LogP contribution in [0.4, 0.5) is 4.79 Å². The first-order chi connectivity index (χ1) is 22.0. The molecule has 1 amide bonds. The first kappa shape index (κ1) is 33.9. The minimum absolute atomic E-state index is 0.0138. The minimum atomic E-state index is -2.18. The summed E-state index contributed by atoms with van der Waals surface area (Å²) in [4.78, 5) is 27.6. The Balaban J connectivity index is 1.32. The van der Waals surface area contributed by atoms with E-state index in [1.165, 1.54) is 16.1 Å². The molecule has 0 bridgehead atoms. The van der Waals surface area contributed by atoms with Gasteiger partial charge in [0.25, 0.3) is 0 Å². The average Bonchev–Trinajstić information content (AvgIpc) is 3.73. The van der Waals surface area contributed by atoms with Crippen molar-refractivity contribution in [3.8, 4) is 0 Å². The maximum Gasteiger partial charge on any atom is 0.410 e. The maximum absolute atomic E-state index is 14.1. The van der Waals surface area contributed by atoms with Gasteiger partial charge in [-0.15, -0.1) is 11.3 Å². The molecule has 9 heteroatoms. The summed E-state index contributed by atoms with van der Waals surface area (Å²) in [5.74, 6) is 1.33. The van der Waals surface area contributed by atoms with Crippen molar-refractivity contribution < 1.29 is 14.0 Å². The van der Waals surface area contributed by atoms with Gasteiger partial charge in [-0.05, 0) is 101 Å². The van der Waals surface area contributed by atoms with Gasteiger partial charge in [0, 0.05) is 18.0 Å². The number of imidazole rings is 1. The third-order valence-corrected chi connectivity index (χ3v) is 15.9. The van der Waals surface area contributed by atoms with Crippen LogP contribution in [0, 0.1) is 6.92 Å². The lowest BCUT2D eigenvalue weighted by atomic mass is 10.0. The third kappa shape index (κ3) is 6.81. The molecule has 0 spiro atoms. The number of likely N-dealkylation sites (tertiary alicyclic amines) is 1. The predicted octanol–water partition coefficient (Wildman–Crippen LogP) is 9.49. The van der Waals surface area contributed by atoms with E-state index in [-0.39, 0.29) is 35.2 Å². The number of hydrogen-bond acceptors (Lipinski definition) is 6. The summed E-state index contributed by atoms with van der Waals surface area (Å²) in [7, 11) is -0.0602. The van der Waals surface area contributed by atoms with Gasteiger partial charge in [0.1, 0.15) is 11.4 Å². The molecule has 0 N–H and O–H groups in total. The molecule has 1 saturated heterocycles. The molecule has 252 valence electrons. The number of benzene rings is 2. The number of hydrogen-bond donors (Lipinski definition) is 0. The van der Waals surface area contributed by atoms with Gasteiger partial charge in [-0.2, -0.15) is 0 Å². The molecule has 47 heavy (non-hydrogen) atoms. The number of fused-ring (bicyclic) bond motifs is 2. The number of carbonyl (C=O) groups excluding carboxylic acids is 1. The third-order valence-electron chi connectivity index (χ3n) is 10.4. The van der Waals surface area contributed by atoms with E-state index in [0.29, 0.717) is 0 Å². The molecule has 0 saturated carbocycles. The van der Waals surface area contributed by atoms with E-state index >= 15 is 0 Å². The summed E-state index contributed by atoms with van der Waals surface area (Å²) in [6.45, 7) is 19.3. The molecule has 7 nitrogen and oxygen atoms in total. The number of carbonyl (C=O) groups is 1. The fourth-order valence-corrected chi connectivity index (χ4v) is 9.38. The van der Waals surface area contributed by atoms with Gasteiger partial charge < -0.3 is 13.7 Å². The molecule has 1 aliphatic heterocycles. The number of aromatic nitrogens is 3. The normalized spacial score (nSPS) is 21.0. The Morgan fingerprint density at radius 3 is 2.43 bits per heavy atom. The van der Waals surface area contributed by atoms with E-state index in [0.717, 1.165) is 59.5 Å². The van der Waals surface area contributed by atoms with E-state index in [1.54, 1.807) is 0 Å². The molecule has 4 atom stereocenters. The summed E-state index contributed by atoms with van der Waals surface area (Å²) >= 11 is 1.82. The number of nitrogens with zero attached hydrogens (tertiary/aromatic N) is 4. The highest BCUT2D eigenvalue weighted by Gasteiger charge is 2.47. The van der Waals surface area contributed by atoms with Crippen LogP contribution < -0.4 is 0 Å². The fraction of sp³-hybridized carbons (Fsp3) is 0.553. The largest absolute Gasteiger partial charge is 0.444 e. The number of aryl methyl sites for hydroxylation is 3. The minimum Gasteiger partial charge on any atom is -0.444 e. The molecule has 2 aromatic carbocycles. The molecular formula is C38H52N4O3SSi. The van der Waals surface area contributed by atoms with Gasteiger partial charge in [0.2, 0.25) is 0 Å². The highest BCUT2D eigenvalue weighted by Crippen LogP contribution is 2.45. The van der Waals surface area contributed by atoms with Crippen LogP contribution in [-0.4, -0.2) is 51.5 Å². The Hall–Kier alpha value is -3.01. The van der Waals surface area contributed by atoms with E-state index in [4.69, 9.17) is 19.1 Å². The molecule has 0 radical (unpaired) electrons. The van der Waals surface area contributed by atoms with Crippen molar-refractivity contribution in [1.29, 1.82) is 0 Å². The first-order valence-corrected chi connectivity index (χ1v) is 20.9. The number of amides is 1. The molecule has 6 rings (SSSR count). The van der Waals surface area contributed by atoms with Gasteiger partial charge in [0.05, 0.1) is 39.8 Å². The lowest BCUT2D eigenvalue weighted by molar-refractivity contribution is -0.00238. The predicted molar refractivity (Wildman–Crippen MR) is 194 cm³/mol. The van der Waals surface area contributed by atoms with Crippen LogP contribution in [0.2, 0.25) is 18.1 Å². The van der Waals surface area contributed by atoms with Crippen molar-refractivity contribution in [2.75, 3.05) is 0 Å². The summed E-state index contributed by atoms with van der Waals surface area (Å²) < 4.78 is 15.5. The van der Waals surface area contributed by atoms with Crippen molar-refractivity contribution in [2.24, 2.45) is 7.05 Å². The second-order valence-electron chi connectivity index (χ2n) is 16.1. The van der Waals surface area contributed by atoms with Crippen LogP contribution >= 0.6 is 11.3 Å². The standard InChI is InChI=1S/C38H52N4O3SSi/c1-24-39-33-28(18-21-32(33)46-24)35-40-29-23-25(16-19-30(29)41(35)8)22-27-17-20-31(42(27)36(43)44-37(2,3)4)34(26-14-12-11-13-15-26)45-47(9,10)38(5,6)7/h11-16,19,23,27-28,31,34H,17-18,20-22H2,1-10H3/t27?,28-,31+,34+/m0/s1. The van der Waals surface area contributed by atoms with Crippen LogP contribution in [-0.2, 0) is 29.1 Å². The highest BCUT2D eigenvalue weighted by molar-refractivity contribution is 7.11. The Kier molecular flexibility index (Phi) is 8.98. The molecule has 2 aromatic heterocycles. The van der Waals surface area contributed by atoms with Crippen LogP contribution in [0.25, 0.3) is 11.0 Å². The van der Waals surface area contributed by atoms with Crippen molar-refractivity contribution in [3.05, 3.63) is 81.1 Å². The van der Waals surface area contributed by atoms with Gasteiger partial charge in [0.15, 0.2) is 8.32 Å². The SMILES string of the molecule is Cc1nc2c(s1)CC[C@@H]2c1nc2cc(CC3CC[C@H]([C@H](O[Si](C)(C)C(C)(C)C)c4ccccc4)N3C(=O)OC(C)(C)C)ccc2n1C. The fourth-order valence-electron chi connectivity index (χ4n) is 7.09. The lowest BCUT2D eigenvalue weighted by Gasteiger charge is -2.43. The molecule has 2 aliphatic rings. The van der Waals surface area contributed by atoms with Crippen molar-refractivity contribution >= 4 is 36.8 Å². The van der Waals surface area contributed by atoms with Crippen LogP contribution in [0.15, 0.2) is 48.5 Å². The Labute approximate surface area is 285 Å². The Bertz CT molecular complexity index is 1750. The number of thiazole rings is 1. The maximum atomic E-state index is 14.1. The summed E-state index contributed by atoms with van der Waals surface area (Å²) in [5.41, 5.74) is 5.04. The second-order valence-corrected chi connectivity index (χ2v) is 22.1. The zero-order chi connectivity index (χ0) is 33.9. The smallest absolute Gasteiger partial charge is 0.410 e. The van der Waals surface area contributed by atoms with Crippen LogP contribution in [0.1, 0.15) is 105 Å². The van der Waals surface area contributed by atoms with Gasteiger partial charge in [-0.25, -0.2) is 14.8 Å². The van der Waals surface area contributed by atoms with Crippen molar-refractivity contribution in [2.45, 2.75) is 128 Å². The van der Waals surface area contributed by atoms with Crippen LogP contribution in [0.3, 0.4) is 0 Å². The molecule has 1 unspecified atom stereocenters. The van der Waals surface area contributed by atoms with E-state index in [2.05, 4.69) is 94.9 Å². The van der Waals surface area contributed by atoms with Crippen molar-refractivity contribution in [1.82, 2.24) is 19.4 Å². The summed E-state index contributed by atoms with van der Waals surface area (Å²) in [5, 5.41) is 1.17. The van der Waals surface area contributed by atoms with Gasteiger partial charge in [-0.1, -0.05) is 57.2 Å². The van der Waals surface area contributed by atoms with Crippen molar-refractivity contribution in [3.63, 3.8) is 0 Å². The molecule has 1 aliphatic carbocycles. The average molecular weight is 673 g/mol. The molecule has 4 aromatic rings. The van der Waals surface area contributed by atoms with Gasteiger partial charge in [-0.3, -0.25) is 4.90 Å². The zero-order valence-corrected chi connectivity index (χ0v) is 31.7. The second kappa shape index (κ2) is 12.5. The number of ether oxygens (including phenoxy) is 1. The first-order valence-electron chi connectivity index (χ1n) is 17.2. The Morgan fingerprint density at radius 1 is 1.02 bits per heavy atom. The molecule has 3 heterocycles. The Morgan fingerprint density at radius 2 is 1.74 bits per heavy atom. The quantitative estimate of drug-likeness (QED) is 0.183. The highest BCUT2D eigenvalue weighted by atomic mass is 32.1. The zero-order valence-electron chi connectivity index (χ0n) is 29.9. The monoisotopic (exact) mass is 672 g/mol. The summed E-state index contributed by atoms with van der Waals surface area (Å²) in [6.07, 6.45) is 4.11. The van der Waals surface area contributed by atoms with E-state index in [9.17, 15) is 4.79 Å². The van der Waals surface area contributed by atoms with E-state index < -0.39 is 13.9 Å². The number of rotatable bonds is 7. The van der Waals surface area contributed by atoms with E-state index in [1.807, 2.05) is 43.1 Å². The summed E-state index contributed by atoms with van der Waals surface area (Å²) in [6, 6.07) is 17.0. The topological polar surface area (TPSA) is 69.5 Å². The molecular weight excluding hydrogens is 621 g/mol. The van der Waals surface area contributed by atoms with Gasteiger partial charge >= 0.3 is 6.09 Å².